The van der Waals surface area contributed by atoms with E-state index >= 15 is 0 Å². The molecule has 0 amide bonds. The Kier molecular flexibility index (Phi) is 7.30. The predicted octanol–water partition coefficient (Wildman–Crippen LogP) is 3.95. The second-order valence-corrected chi connectivity index (χ2v) is 6.98. The molecule has 1 atom stereocenters. The zero-order chi connectivity index (χ0) is 21.5. The first-order valence-electron chi connectivity index (χ1n) is 10.1. The van der Waals surface area contributed by atoms with E-state index in [0.29, 0.717) is 30.7 Å². The number of hydrogen-bond acceptors (Lipinski definition) is 6. The number of carbonyl (C=O) groups is 2. The lowest BCUT2D eigenvalue weighted by Gasteiger charge is -2.15. The summed E-state index contributed by atoms with van der Waals surface area (Å²) >= 11 is 0. The van der Waals surface area contributed by atoms with Crippen LogP contribution in [0.15, 0.2) is 43.0 Å². The van der Waals surface area contributed by atoms with Gasteiger partial charge in [0.1, 0.15) is 5.69 Å². The zero-order valence-electron chi connectivity index (χ0n) is 17.4. The Labute approximate surface area is 176 Å². The quantitative estimate of drug-likeness (QED) is 0.371. The van der Waals surface area contributed by atoms with Crippen molar-refractivity contribution in [1.29, 1.82) is 0 Å². The maximum Gasteiger partial charge on any atom is 0.359 e. The van der Waals surface area contributed by atoms with Gasteiger partial charge in [0.25, 0.3) is 0 Å². The van der Waals surface area contributed by atoms with E-state index in [1.54, 1.807) is 24.5 Å². The highest BCUT2D eigenvalue weighted by Gasteiger charge is 2.36. The molecule has 2 aromatic rings. The number of rotatable bonds is 8. The number of benzene rings is 1. The summed E-state index contributed by atoms with van der Waals surface area (Å²) in [4.78, 5) is 36.8. The third-order valence-electron chi connectivity index (χ3n) is 4.87. The van der Waals surface area contributed by atoms with Gasteiger partial charge in [-0.1, -0.05) is 36.4 Å². The Morgan fingerprint density at radius 2 is 1.80 bits per heavy atom. The summed E-state index contributed by atoms with van der Waals surface area (Å²) in [5.74, 6) is -0.812. The van der Waals surface area contributed by atoms with E-state index in [0.717, 1.165) is 5.56 Å². The van der Waals surface area contributed by atoms with Gasteiger partial charge in [-0.2, -0.15) is 4.89 Å². The minimum Gasteiger partial charge on any atom is -0.461 e. The molecule has 0 saturated heterocycles. The minimum absolute atomic E-state index is 0.0551. The van der Waals surface area contributed by atoms with Gasteiger partial charge in [0.2, 0.25) is 5.75 Å². The Morgan fingerprint density at radius 1 is 1.13 bits per heavy atom. The second kappa shape index (κ2) is 10.1. The largest absolute Gasteiger partial charge is 0.461 e. The van der Waals surface area contributed by atoms with Crippen molar-refractivity contribution in [3.05, 3.63) is 65.5 Å². The van der Waals surface area contributed by atoms with Gasteiger partial charge >= 0.3 is 11.9 Å². The van der Waals surface area contributed by atoms with Gasteiger partial charge in [0.15, 0.2) is 5.69 Å². The molecule has 0 spiro atoms. The maximum absolute atomic E-state index is 13.0. The van der Waals surface area contributed by atoms with E-state index in [4.69, 9.17) is 19.2 Å². The van der Waals surface area contributed by atoms with Crippen LogP contribution in [-0.4, -0.2) is 36.3 Å². The van der Waals surface area contributed by atoms with Crippen LogP contribution in [0.2, 0.25) is 0 Å². The van der Waals surface area contributed by atoms with Gasteiger partial charge < -0.3 is 18.9 Å². The monoisotopic (exact) mass is 413 g/mol. The highest BCUT2D eigenvalue weighted by Crippen LogP contribution is 2.37. The average Bonchev–Trinajstić information content (AvgIpc) is 2.87. The standard InChI is InChI=1S/C23H27NO6/c1-4-10-17-13-18-19(22(25)27-5-2)24(14-16-11-8-7-9-12-16)20(23(26)28-6-3)21(18)30-29-15-17/h4,7-9,11-12,17H,1,5-6,10,13-15H2,2-3H3. The van der Waals surface area contributed by atoms with E-state index in [9.17, 15) is 9.59 Å². The first-order valence-corrected chi connectivity index (χ1v) is 10.1. The van der Waals surface area contributed by atoms with Crippen molar-refractivity contribution in [2.24, 2.45) is 5.92 Å². The molecule has 160 valence electrons. The van der Waals surface area contributed by atoms with Crippen LogP contribution in [0.5, 0.6) is 5.75 Å². The van der Waals surface area contributed by atoms with Crippen LogP contribution in [-0.2, 0) is 27.3 Å². The smallest absolute Gasteiger partial charge is 0.359 e. The Bertz CT molecular complexity index is 902. The van der Waals surface area contributed by atoms with E-state index in [-0.39, 0.29) is 37.1 Å². The first-order chi connectivity index (χ1) is 14.6. The van der Waals surface area contributed by atoms with Gasteiger partial charge in [-0.25, -0.2) is 9.59 Å². The molecule has 0 aliphatic carbocycles. The van der Waals surface area contributed by atoms with Crippen LogP contribution < -0.4 is 4.89 Å². The molecule has 1 aliphatic rings. The molecule has 2 heterocycles. The highest BCUT2D eigenvalue weighted by molar-refractivity contribution is 5.98. The van der Waals surface area contributed by atoms with E-state index in [1.807, 2.05) is 30.3 Å². The maximum atomic E-state index is 13.0. The topological polar surface area (TPSA) is 76.0 Å². The van der Waals surface area contributed by atoms with E-state index < -0.39 is 11.9 Å². The molecule has 1 unspecified atom stereocenters. The number of nitrogens with zero attached hydrogens (tertiary/aromatic N) is 1. The number of fused-ring (bicyclic) bond motifs is 1. The molecule has 0 radical (unpaired) electrons. The molecule has 1 aromatic carbocycles. The van der Waals surface area contributed by atoms with Crippen LogP contribution in [0.3, 0.4) is 0 Å². The summed E-state index contributed by atoms with van der Waals surface area (Å²) in [6.07, 6.45) is 2.98. The first kappa shape index (κ1) is 21.6. The molecule has 7 heteroatoms. The van der Waals surface area contributed by atoms with Crippen molar-refractivity contribution in [2.75, 3.05) is 19.8 Å². The van der Waals surface area contributed by atoms with E-state index in [1.165, 1.54) is 0 Å². The SMILES string of the molecule is C=CCC1COOc2c(c(C(=O)OCC)n(Cc3ccccc3)c2C(=O)OCC)C1. The minimum atomic E-state index is -0.578. The number of allylic oxidation sites excluding steroid dienone is 1. The van der Waals surface area contributed by atoms with Crippen LogP contribution in [0.1, 0.15) is 52.4 Å². The lowest BCUT2D eigenvalue weighted by molar-refractivity contribution is -0.212. The predicted molar refractivity (Wildman–Crippen MR) is 110 cm³/mol. The number of carbonyl (C=O) groups excluding carboxylic acids is 2. The molecule has 1 aliphatic heterocycles. The van der Waals surface area contributed by atoms with Gasteiger partial charge in [0, 0.05) is 12.1 Å². The van der Waals surface area contributed by atoms with Crippen molar-refractivity contribution in [2.45, 2.75) is 33.2 Å². The normalized spacial score (nSPS) is 15.5. The molecule has 7 nitrogen and oxygen atoms in total. The average molecular weight is 413 g/mol. The number of hydrogen-bond donors (Lipinski definition) is 0. The van der Waals surface area contributed by atoms with Crippen molar-refractivity contribution in [3.63, 3.8) is 0 Å². The molecule has 0 N–H and O–H groups in total. The molecular formula is C23H27NO6. The molecule has 1 aromatic heterocycles. The lowest BCUT2D eigenvalue weighted by Crippen LogP contribution is -2.21. The van der Waals surface area contributed by atoms with Crippen LogP contribution in [0.4, 0.5) is 0 Å². The third kappa shape index (κ3) is 4.57. The van der Waals surface area contributed by atoms with Gasteiger partial charge in [-0.15, -0.1) is 6.58 Å². The lowest BCUT2D eigenvalue weighted by atomic mass is 9.96. The summed E-state index contributed by atoms with van der Waals surface area (Å²) in [6, 6.07) is 9.55. The fourth-order valence-electron chi connectivity index (χ4n) is 3.61. The second-order valence-electron chi connectivity index (χ2n) is 6.98. The van der Waals surface area contributed by atoms with Crippen molar-refractivity contribution in [1.82, 2.24) is 4.57 Å². The summed E-state index contributed by atoms with van der Waals surface area (Å²) in [5.41, 5.74) is 1.95. The molecule has 30 heavy (non-hydrogen) atoms. The summed E-state index contributed by atoms with van der Waals surface area (Å²) in [7, 11) is 0. The molecule has 0 bridgehead atoms. The molecule has 0 saturated carbocycles. The zero-order valence-corrected chi connectivity index (χ0v) is 17.4. The van der Waals surface area contributed by atoms with Crippen LogP contribution in [0.25, 0.3) is 0 Å². The molecular weight excluding hydrogens is 386 g/mol. The van der Waals surface area contributed by atoms with Gasteiger partial charge in [0.05, 0.1) is 19.8 Å². The number of esters is 2. The Balaban J connectivity index is 2.20. The number of ether oxygens (including phenoxy) is 2. The van der Waals surface area contributed by atoms with Crippen molar-refractivity contribution < 1.29 is 28.8 Å². The summed E-state index contributed by atoms with van der Waals surface area (Å²) in [6.45, 7) is 8.28. The summed E-state index contributed by atoms with van der Waals surface area (Å²) in [5, 5.41) is 0. The fraction of sp³-hybridized carbons (Fsp3) is 0.391. The van der Waals surface area contributed by atoms with Gasteiger partial charge in [-0.3, -0.25) is 0 Å². The third-order valence-corrected chi connectivity index (χ3v) is 4.87. The molecule has 0 fully saturated rings. The van der Waals surface area contributed by atoms with Crippen molar-refractivity contribution in [3.8, 4) is 5.75 Å². The summed E-state index contributed by atoms with van der Waals surface area (Å²) < 4.78 is 12.2. The van der Waals surface area contributed by atoms with Crippen molar-refractivity contribution >= 4 is 11.9 Å². The van der Waals surface area contributed by atoms with E-state index in [2.05, 4.69) is 6.58 Å². The fourth-order valence-corrected chi connectivity index (χ4v) is 3.61. The van der Waals surface area contributed by atoms with Gasteiger partial charge in [-0.05, 0) is 38.2 Å². The van der Waals surface area contributed by atoms with Crippen LogP contribution >= 0.6 is 0 Å². The number of aromatic nitrogens is 1. The van der Waals surface area contributed by atoms with Crippen LogP contribution in [0, 0.1) is 5.92 Å². The Morgan fingerprint density at radius 3 is 2.43 bits per heavy atom. The Hall–Kier alpha value is -3.06. The highest BCUT2D eigenvalue weighted by atomic mass is 17.2. The molecule has 3 rings (SSSR count).